The summed E-state index contributed by atoms with van der Waals surface area (Å²) < 4.78 is 71.1. The molecule has 5 atom stereocenters. The molecule has 0 spiro atoms. The van der Waals surface area contributed by atoms with Gasteiger partial charge in [0.05, 0.1) is 0 Å². The average molecular weight is 535 g/mol. The smallest absolute Gasteiger partial charge is 0.383 e. The van der Waals surface area contributed by atoms with Crippen LogP contribution in [0.25, 0.3) is 11.4 Å². The van der Waals surface area contributed by atoms with Crippen LogP contribution in [0.5, 0.6) is 0 Å². The van der Waals surface area contributed by atoms with Crippen LogP contribution in [0.2, 0.25) is 0 Å². The Kier molecular flexibility index (Phi) is 5.52. The SMILES string of the molecule is C[C@]12C[C@H](c3ccc(-c4nnn[nH]4)cc3)C3=C4CCC(=O)C=C4CC[C@H]3[C@@H]1CC[C@@]2(O)C(F)(F)C(F)(F)F. The van der Waals surface area contributed by atoms with E-state index in [1.165, 1.54) is 6.92 Å². The van der Waals surface area contributed by atoms with Crippen LogP contribution in [-0.2, 0) is 4.79 Å². The number of nitrogens with zero attached hydrogens (tertiary/aromatic N) is 3. The fraction of sp³-hybridized carbons (Fsp3) is 0.556. The van der Waals surface area contributed by atoms with Crippen LogP contribution < -0.4 is 0 Å². The molecule has 0 radical (unpaired) electrons. The summed E-state index contributed by atoms with van der Waals surface area (Å²) >= 11 is 0. The largest absolute Gasteiger partial charge is 0.456 e. The average Bonchev–Trinajstić information content (AvgIpc) is 3.50. The summed E-state index contributed by atoms with van der Waals surface area (Å²) in [5.74, 6) is -6.03. The van der Waals surface area contributed by atoms with E-state index >= 15 is 8.78 Å². The molecule has 0 bridgehead atoms. The Hall–Kier alpha value is -2.95. The lowest BCUT2D eigenvalue weighted by Crippen LogP contribution is -2.65. The third-order valence-corrected chi connectivity index (χ3v) is 9.69. The molecule has 2 saturated carbocycles. The topological polar surface area (TPSA) is 91.8 Å². The molecule has 0 aliphatic heterocycles. The number of nitrogens with one attached hydrogen (secondary N) is 1. The molecular weight excluding hydrogens is 507 g/mol. The zero-order valence-electron chi connectivity index (χ0n) is 20.7. The summed E-state index contributed by atoms with van der Waals surface area (Å²) in [5.41, 5.74) is -0.427. The van der Waals surface area contributed by atoms with E-state index in [1.54, 1.807) is 18.2 Å². The van der Waals surface area contributed by atoms with E-state index < -0.39 is 41.4 Å². The zero-order valence-corrected chi connectivity index (χ0v) is 20.7. The van der Waals surface area contributed by atoms with Gasteiger partial charge in [-0.3, -0.25) is 4.79 Å². The van der Waals surface area contributed by atoms with E-state index in [0.717, 1.165) is 22.3 Å². The van der Waals surface area contributed by atoms with Gasteiger partial charge >= 0.3 is 12.1 Å². The van der Waals surface area contributed by atoms with Gasteiger partial charge in [0.1, 0.15) is 5.60 Å². The number of benzene rings is 1. The standard InChI is InChI=1S/C27H27F5N4O2/c1-24-13-20(14-2-4-15(5-3-14)23-33-35-36-34-23)22-18-9-7-17(37)12-16(18)6-8-19(22)21(24)10-11-25(24,38)26(28,29)27(30,31)32/h2-5,12,19-21,38H,6-11,13H2,1H3,(H,33,34,35,36)/t19-,20+,21-,24-,25-/m0/s1. The van der Waals surface area contributed by atoms with Crippen molar-refractivity contribution < 1.29 is 31.9 Å². The molecule has 0 saturated heterocycles. The number of ketones is 1. The number of tetrazole rings is 1. The summed E-state index contributed by atoms with van der Waals surface area (Å²) in [6.07, 6.45) is -2.81. The van der Waals surface area contributed by atoms with Crippen molar-refractivity contribution in [2.75, 3.05) is 0 Å². The molecule has 38 heavy (non-hydrogen) atoms. The number of aliphatic hydroxyl groups is 1. The second-order valence-corrected chi connectivity index (χ2v) is 11.3. The maximum absolute atomic E-state index is 15.1. The third-order valence-electron chi connectivity index (χ3n) is 9.69. The predicted octanol–water partition coefficient (Wildman–Crippen LogP) is 5.69. The predicted molar refractivity (Wildman–Crippen MR) is 126 cm³/mol. The number of carbonyl (C=O) groups is 1. The number of fused-ring (bicyclic) bond motifs is 4. The second kappa shape index (κ2) is 8.27. The molecule has 0 amide bonds. The van der Waals surface area contributed by atoms with Gasteiger partial charge in [0.15, 0.2) is 11.6 Å². The summed E-state index contributed by atoms with van der Waals surface area (Å²) in [7, 11) is 0. The van der Waals surface area contributed by atoms with E-state index in [-0.39, 0.29) is 24.5 Å². The highest BCUT2D eigenvalue weighted by atomic mass is 19.4. The number of alkyl halides is 5. The third kappa shape index (κ3) is 3.39. The first kappa shape index (κ1) is 25.3. The highest BCUT2D eigenvalue weighted by molar-refractivity contribution is 5.93. The summed E-state index contributed by atoms with van der Waals surface area (Å²) in [6.45, 7) is 1.42. The van der Waals surface area contributed by atoms with Gasteiger partial charge < -0.3 is 5.11 Å². The molecule has 1 heterocycles. The van der Waals surface area contributed by atoms with Gasteiger partial charge in [-0.2, -0.15) is 22.0 Å². The minimum atomic E-state index is -5.87. The molecule has 1 aromatic carbocycles. The van der Waals surface area contributed by atoms with Gasteiger partial charge in [-0.05, 0) is 83.6 Å². The fourth-order valence-corrected chi connectivity index (χ4v) is 7.87. The number of carbonyl (C=O) groups excluding carboxylic acids is 1. The van der Waals surface area contributed by atoms with Crippen molar-refractivity contribution in [3.63, 3.8) is 0 Å². The maximum Gasteiger partial charge on any atom is 0.456 e. The summed E-state index contributed by atoms with van der Waals surface area (Å²) in [4.78, 5) is 12.2. The van der Waals surface area contributed by atoms with E-state index in [0.29, 0.717) is 37.1 Å². The molecule has 6 nitrogen and oxygen atoms in total. The molecule has 4 aliphatic carbocycles. The number of hydrogen-bond donors (Lipinski definition) is 2. The van der Waals surface area contributed by atoms with Crippen molar-refractivity contribution >= 4 is 5.78 Å². The van der Waals surface area contributed by atoms with Crippen LogP contribution >= 0.6 is 0 Å². The van der Waals surface area contributed by atoms with Gasteiger partial charge in [-0.15, -0.1) is 5.10 Å². The molecule has 2 fully saturated rings. The highest BCUT2D eigenvalue weighted by Gasteiger charge is 2.79. The first-order valence-electron chi connectivity index (χ1n) is 12.8. The van der Waals surface area contributed by atoms with Crippen LogP contribution in [0.4, 0.5) is 22.0 Å². The van der Waals surface area contributed by atoms with E-state index in [1.807, 2.05) is 12.1 Å². The minimum absolute atomic E-state index is 0.0464. The lowest BCUT2D eigenvalue weighted by Gasteiger charge is -2.56. The van der Waals surface area contributed by atoms with Crippen molar-refractivity contribution in [3.8, 4) is 11.4 Å². The van der Waals surface area contributed by atoms with E-state index in [9.17, 15) is 23.1 Å². The van der Waals surface area contributed by atoms with Crippen molar-refractivity contribution in [2.45, 2.75) is 75.5 Å². The first-order chi connectivity index (χ1) is 17.9. The van der Waals surface area contributed by atoms with Gasteiger partial charge in [0.2, 0.25) is 0 Å². The van der Waals surface area contributed by atoms with Crippen LogP contribution in [0.3, 0.4) is 0 Å². The van der Waals surface area contributed by atoms with Gasteiger partial charge in [-0.25, -0.2) is 5.10 Å². The van der Waals surface area contributed by atoms with Crippen LogP contribution in [-0.4, -0.2) is 49.2 Å². The Morgan fingerprint density at radius 1 is 1.05 bits per heavy atom. The molecule has 6 rings (SSSR count). The Labute approximate surface area is 215 Å². The maximum atomic E-state index is 15.1. The normalized spacial score (nSPS) is 33.5. The number of aromatic amines is 1. The van der Waals surface area contributed by atoms with E-state index in [4.69, 9.17) is 0 Å². The molecule has 4 aliphatic rings. The number of allylic oxidation sites excluding steroid dienone is 4. The second-order valence-electron chi connectivity index (χ2n) is 11.3. The van der Waals surface area contributed by atoms with Crippen molar-refractivity contribution in [1.82, 2.24) is 20.6 Å². The van der Waals surface area contributed by atoms with Crippen molar-refractivity contribution in [2.24, 2.45) is 17.3 Å². The zero-order chi connectivity index (χ0) is 27.1. The molecule has 2 N–H and O–H groups in total. The van der Waals surface area contributed by atoms with E-state index in [2.05, 4.69) is 20.6 Å². The number of H-pyrrole nitrogens is 1. The molecule has 0 unspecified atom stereocenters. The molecular formula is C27H27F5N4O2. The van der Waals surface area contributed by atoms with Gasteiger partial charge in [-0.1, -0.05) is 36.8 Å². The number of halogens is 5. The van der Waals surface area contributed by atoms with Gasteiger partial charge in [0, 0.05) is 23.3 Å². The van der Waals surface area contributed by atoms with Crippen molar-refractivity contribution in [1.29, 1.82) is 0 Å². The number of rotatable bonds is 3. The quantitative estimate of drug-likeness (QED) is 0.494. The fourth-order valence-electron chi connectivity index (χ4n) is 7.87. The van der Waals surface area contributed by atoms with Gasteiger partial charge in [0.25, 0.3) is 0 Å². The van der Waals surface area contributed by atoms with Crippen LogP contribution in [0.1, 0.15) is 63.4 Å². The highest BCUT2D eigenvalue weighted by Crippen LogP contribution is 2.70. The van der Waals surface area contributed by atoms with Crippen LogP contribution in [0.15, 0.2) is 47.1 Å². The summed E-state index contributed by atoms with van der Waals surface area (Å²) in [5, 5.41) is 25.0. The monoisotopic (exact) mass is 534 g/mol. The Bertz CT molecular complexity index is 1330. The lowest BCUT2D eigenvalue weighted by atomic mass is 9.50. The lowest BCUT2D eigenvalue weighted by molar-refractivity contribution is -0.362. The minimum Gasteiger partial charge on any atom is -0.383 e. The van der Waals surface area contributed by atoms with Crippen molar-refractivity contribution in [3.05, 3.63) is 52.6 Å². The molecule has 2 aromatic rings. The molecule has 1 aromatic heterocycles. The molecule has 11 heteroatoms. The first-order valence-corrected chi connectivity index (χ1v) is 12.8. The Morgan fingerprint density at radius 3 is 2.45 bits per heavy atom. The Morgan fingerprint density at radius 2 is 1.79 bits per heavy atom. The van der Waals surface area contributed by atoms with Crippen LogP contribution in [0, 0.1) is 17.3 Å². The molecule has 202 valence electrons. The number of aromatic nitrogens is 4. The summed E-state index contributed by atoms with van der Waals surface area (Å²) in [6, 6.07) is 7.19. The number of hydrogen-bond acceptors (Lipinski definition) is 5. The Balaban J connectivity index is 1.50.